The van der Waals surface area contributed by atoms with Gasteiger partial charge >= 0.3 is 6.03 Å². The summed E-state index contributed by atoms with van der Waals surface area (Å²) in [6.07, 6.45) is 1.97. The molecule has 0 aromatic rings. The molecular formula is C8H16N2O. The van der Waals surface area contributed by atoms with Gasteiger partial charge in [0.1, 0.15) is 0 Å². The molecule has 1 rings (SSSR count). The molecule has 1 N–H and O–H groups in total. The number of urea groups is 1. The number of carbonyl (C=O) groups is 1. The van der Waals surface area contributed by atoms with Gasteiger partial charge in [-0.1, -0.05) is 13.8 Å². The number of amides is 2. The fourth-order valence-corrected chi connectivity index (χ4v) is 0.672. The van der Waals surface area contributed by atoms with Gasteiger partial charge in [-0.05, 0) is 13.0 Å². The monoisotopic (exact) mass is 156 g/mol. The topological polar surface area (TPSA) is 32.3 Å². The van der Waals surface area contributed by atoms with Crippen molar-refractivity contribution in [1.82, 2.24) is 10.2 Å². The Bertz CT molecular complexity index is 163. The molecule has 0 saturated heterocycles. The van der Waals surface area contributed by atoms with Crippen molar-refractivity contribution in [3.05, 3.63) is 11.8 Å². The van der Waals surface area contributed by atoms with Crippen LogP contribution in [0.2, 0.25) is 0 Å². The summed E-state index contributed by atoms with van der Waals surface area (Å²) < 4.78 is 0. The smallest absolute Gasteiger partial charge is 0.321 e. The van der Waals surface area contributed by atoms with Gasteiger partial charge in [-0.2, -0.15) is 0 Å². The molecule has 0 radical (unpaired) electrons. The maximum Gasteiger partial charge on any atom is 0.321 e. The van der Waals surface area contributed by atoms with E-state index in [0.717, 1.165) is 12.2 Å². The zero-order chi connectivity index (χ0) is 8.85. The summed E-state index contributed by atoms with van der Waals surface area (Å²) in [5.74, 6) is 0. The third-order valence-electron chi connectivity index (χ3n) is 1.32. The van der Waals surface area contributed by atoms with Crippen molar-refractivity contribution in [2.45, 2.75) is 20.8 Å². The Kier molecular flexibility index (Phi) is 4.34. The number of allylic oxidation sites excluding steroid dienone is 1. The summed E-state index contributed by atoms with van der Waals surface area (Å²) in [4.78, 5) is 12.4. The molecule has 1 aliphatic rings. The summed E-state index contributed by atoms with van der Waals surface area (Å²) in [6.45, 7) is 6.60. The lowest BCUT2D eigenvalue weighted by atomic mass is 10.3. The Hall–Kier alpha value is -0.990. The summed E-state index contributed by atoms with van der Waals surface area (Å²) >= 11 is 0. The van der Waals surface area contributed by atoms with Crippen LogP contribution in [0.25, 0.3) is 0 Å². The second kappa shape index (κ2) is 4.77. The van der Waals surface area contributed by atoms with Crippen LogP contribution in [0.5, 0.6) is 0 Å². The van der Waals surface area contributed by atoms with Crippen molar-refractivity contribution in [3.8, 4) is 0 Å². The van der Waals surface area contributed by atoms with Gasteiger partial charge in [-0.25, -0.2) is 4.79 Å². The van der Waals surface area contributed by atoms with E-state index in [9.17, 15) is 4.79 Å². The molecule has 64 valence electrons. The Morgan fingerprint density at radius 1 is 1.55 bits per heavy atom. The highest BCUT2D eigenvalue weighted by Gasteiger charge is 2.10. The molecule has 1 heterocycles. The van der Waals surface area contributed by atoms with Crippen LogP contribution >= 0.6 is 0 Å². The molecule has 0 aromatic heterocycles. The van der Waals surface area contributed by atoms with Crippen LogP contribution in [0.3, 0.4) is 0 Å². The summed E-state index contributed by atoms with van der Waals surface area (Å²) in [5, 5.41) is 2.68. The lowest BCUT2D eigenvalue weighted by molar-refractivity contribution is 0.213. The number of hydrogen-bond acceptors (Lipinski definition) is 1. The summed E-state index contributed by atoms with van der Waals surface area (Å²) in [7, 11) is 1.76. The lowest BCUT2D eigenvalue weighted by Gasteiger charge is -2.21. The van der Waals surface area contributed by atoms with E-state index in [2.05, 4.69) is 5.32 Å². The van der Waals surface area contributed by atoms with E-state index < -0.39 is 0 Å². The second-order valence-corrected chi connectivity index (χ2v) is 2.20. The predicted octanol–water partition coefficient (Wildman–Crippen LogP) is 1.57. The number of likely N-dealkylation sites (N-methyl/N-ethyl adjacent to an activating group) is 1. The minimum absolute atomic E-state index is 0.0185. The van der Waals surface area contributed by atoms with E-state index in [0.29, 0.717) is 0 Å². The summed E-state index contributed by atoms with van der Waals surface area (Å²) in [6, 6.07) is -0.0185. The highest BCUT2D eigenvalue weighted by Crippen LogP contribution is 1.97. The third kappa shape index (κ3) is 3.07. The molecule has 3 nitrogen and oxygen atoms in total. The molecule has 0 unspecified atom stereocenters. The molecule has 0 saturated carbocycles. The molecule has 0 aliphatic carbocycles. The van der Waals surface area contributed by atoms with E-state index in [1.54, 1.807) is 11.9 Å². The van der Waals surface area contributed by atoms with Crippen LogP contribution in [0, 0.1) is 0 Å². The molecule has 3 heteroatoms. The van der Waals surface area contributed by atoms with Gasteiger partial charge in [0.15, 0.2) is 0 Å². The first-order valence-corrected chi connectivity index (χ1v) is 3.89. The first kappa shape index (κ1) is 10.0. The number of nitrogens with zero attached hydrogens (tertiary/aromatic N) is 1. The Labute approximate surface area is 68.1 Å². The third-order valence-corrected chi connectivity index (χ3v) is 1.32. The molecule has 2 amide bonds. The minimum Gasteiger partial charge on any atom is -0.324 e. The number of hydrogen-bond donors (Lipinski definition) is 1. The Balaban J connectivity index is 0.000000461. The number of rotatable bonds is 0. The average Bonchev–Trinajstić information content (AvgIpc) is 2.02. The Morgan fingerprint density at radius 3 is 2.45 bits per heavy atom. The first-order valence-electron chi connectivity index (χ1n) is 3.89. The van der Waals surface area contributed by atoms with Crippen molar-refractivity contribution in [2.24, 2.45) is 0 Å². The molecule has 0 fully saturated rings. The number of nitrogens with one attached hydrogen (secondary N) is 1. The van der Waals surface area contributed by atoms with Gasteiger partial charge in [0.25, 0.3) is 0 Å². The second-order valence-electron chi connectivity index (χ2n) is 2.20. The van der Waals surface area contributed by atoms with Gasteiger partial charge in [0.05, 0.1) is 0 Å². The zero-order valence-corrected chi connectivity index (χ0v) is 7.64. The van der Waals surface area contributed by atoms with Crippen molar-refractivity contribution in [2.75, 3.05) is 13.6 Å². The first-order chi connectivity index (χ1) is 5.20. The fraction of sp³-hybridized carbons (Fsp3) is 0.625. The molecule has 11 heavy (non-hydrogen) atoms. The van der Waals surface area contributed by atoms with Gasteiger partial charge < -0.3 is 10.2 Å². The molecular weight excluding hydrogens is 140 g/mol. The zero-order valence-electron chi connectivity index (χ0n) is 7.64. The molecule has 0 atom stereocenters. The van der Waals surface area contributed by atoms with E-state index in [-0.39, 0.29) is 6.03 Å². The van der Waals surface area contributed by atoms with Crippen molar-refractivity contribution < 1.29 is 4.79 Å². The predicted molar refractivity (Wildman–Crippen MR) is 46.3 cm³/mol. The SMILES string of the molecule is CC.CC1=CCN(C)C(=O)N1. The van der Waals surface area contributed by atoms with E-state index >= 15 is 0 Å². The van der Waals surface area contributed by atoms with E-state index in [1.807, 2.05) is 26.8 Å². The molecule has 1 aliphatic heterocycles. The Morgan fingerprint density at radius 2 is 2.09 bits per heavy atom. The largest absolute Gasteiger partial charge is 0.324 e. The van der Waals surface area contributed by atoms with Crippen molar-refractivity contribution in [3.63, 3.8) is 0 Å². The normalized spacial score (nSPS) is 16.2. The fourth-order valence-electron chi connectivity index (χ4n) is 0.672. The van der Waals surface area contributed by atoms with E-state index in [1.165, 1.54) is 0 Å². The average molecular weight is 156 g/mol. The van der Waals surface area contributed by atoms with Crippen LogP contribution in [0.4, 0.5) is 4.79 Å². The highest BCUT2D eigenvalue weighted by atomic mass is 16.2. The van der Waals surface area contributed by atoms with Crippen LogP contribution in [0.1, 0.15) is 20.8 Å². The van der Waals surface area contributed by atoms with Crippen LogP contribution < -0.4 is 5.32 Å². The van der Waals surface area contributed by atoms with Gasteiger partial charge in [0, 0.05) is 19.3 Å². The maximum atomic E-state index is 10.8. The molecule has 0 bridgehead atoms. The van der Waals surface area contributed by atoms with Crippen LogP contribution in [-0.4, -0.2) is 24.5 Å². The molecule has 0 spiro atoms. The molecule has 0 aromatic carbocycles. The van der Waals surface area contributed by atoms with Gasteiger partial charge in [-0.15, -0.1) is 0 Å². The van der Waals surface area contributed by atoms with Crippen LogP contribution in [0.15, 0.2) is 11.8 Å². The van der Waals surface area contributed by atoms with Gasteiger partial charge in [0.2, 0.25) is 0 Å². The highest BCUT2D eigenvalue weighted by molar-refractivity contribution is 5.76. The summed E-state index contributed by atoms with van der Waals surface area (Å²) in [5.41, 5.74) is 0.943. The lowest BCUT2D eigenvalue weighted by Crippen LogP contribution is -2.40. The number of carbonyl (C=O) groups excluding carboxylic acids is 1. The van der Waals surface area contributed by atoms with Crippen LogP contribution in [-0.2, 0) is 0 Å². The van der Waals surface area contributed by atoms with Gasteiger partial charge in [-0.3, -0.25) is 0 Å². The standard InChI is InChI=1S/C6H10N2O.C2H6/c1-5-3-4-8(2)6(9)7-5;1-2/h3H,4H2,1-2H3,(H,7,9);1-2H3. The van der Waals surface area contributed by atoms with E-state index in [4.69, 9.17) is 0 Å². The van der Waals surface area contributed by atoms with Crippen molar-refractivity contribution >= 4 is 6.03 Å². The van der Waals surface area contributed by atoms with Crippen molar-refractivity contribution in [1.29, 1.82) is 0 Å². The minimum atomic E-state index is -0.0185. The quantitative estimate of drug-likeness (QED) is 0.567. The maximum absolute atomic E-state index is 10.8.